The molecule has 2 aromatic rings. The molecule has 1 aliphatic rings. The molecule has 0 aliphatic carbocycles. The number of nitrogens with one attached hydrogen (secondary N) is 1. The van der Waals surface area contributed by atoms with E-state index in [1.807, 2.05) is 43.3 Å². The first kappa shape index (κ1) is 15.7. The Labute approximate surface area is 136 Å². The summed E-state index contributed by atoms with van der Waals surface area (Å²) >= 11 is 0. The maximum absolute atomic E-state index is 12.3. The van der Waals surface area contributed by atoms with E-state index in [1.165, 1.54) is 11.1 Å². The fraction of sp³-hybridized carbons (Fsp3) is 0.368. The Kier molecular flexibility index (Phi) is 5.03. The first-order valence-corrected chi connectivity index (χ1v) is 8.02. The molecule has 2 heterocycles. The molecule has 1 aliphatic heterocycles. The lowest BCUT2D eigenvalue weighted by Gasteiger charge is -2.19. The standard InChI is InChI=1S/C19H22N2O2/c1-14-2-4-15(5-3-14)11-19(22)21-18-13-23-12-17(18)10-16-6-8-20-9-7-16/h2-9,17-18H,10-13H2,1H3,(H,21,22)/t17-,18+/m1/s1. The van der Waals surface area contributed by atoms with Gasteiger partial charge in [0.25, 0.3) is 0 Å². The maximum Gasteiger partial charge on any atom is 0.224 e. The van der Waals surface area contributed by atoms with Crippen LogP contribution in [-0.4, -0.2) is 30.1 Å². The summed E-state index contributed by atoms with van der Waals surface area (Å²) in [5.74, 6) is 0.378. The van der Waals surface area contributed by atoms with Gasteiger partial charge in [0.15, 0.2) is 0 Å². The molecule has 120 valence electrons. The van der Waals surface area contributed by atoms with Gasteiger partial charge in [-0.05, 0) is 36.6 Å². The van der Waals surface area contributed by atoms with E-state index in [0.717, 1.165) is 12.0 Å². The summed E-state index contributed by atoms with van der Waals surface area (Å²) in [7, 11) is 0. The minimum Gasteiger partial charge on any atom is -0.379 e. The number of hydrogen-bond acceptors (Lipinski definition) is 3. The minimum atomic E-state index is 0.0593. The lowest BCUT2D eigenvalue weighted by atomic mass is 9.95. The average molecular weight is 310 g/mol. The van der Waals surface area contributed by atoms with Crippen LogP contribution >= 0.6 is 0 Å². The monoisotopic (exact) mass is 310 g/mol. The number of benzene rings is 1. The third-order valence-corrected chi connectivity index (χ3v) is 4.28. The smallest absolute Gasteiger partial charge is 0.224 e. The molecule has 23 heavy (non-hydrogen) atoms. The summed E-state index contributed by atoms with van der Waals surface area (Å²) < 4.78 is 5.58. The molecule has 4 nitrogen and oxygen atoms in total. The van der Waals surface area contributed by atoms with Crippen molar-refractivity contribution in [1.82, 2.24) is 10.3 Å². The Morgan fingerprint density at radius 2 is 1.87 bits per heavy atom. The Bertz CT molecular complexity index is 640. The third-order valence-electron chi connectivity index (χ3n) is 4.28. The predicted octanol–water partition coefficient (Wildman–Crippen LogP) is 2.31. The number of aromatic nitrogens is 1. The summed E-state index contributed by atoms with van der Waals surface area (Å²) in [6, 6.07) is 12.2. The van der Waals surface area contributed by atoms with Crippen LogP contribution in [0.1, 0.15) is 16.7 Å². The second-order valence-electron chi connectivity index (χ2n) is 6.19. The summed E-state index contributed by atoms with van der Waals surface area (Å²) in [5, 5.41) is 3.13. The summed E-state index contributed by atoms with van der Waals surface area (Å²) in [6.45, 7) is 3.33. The normalized spacial score (nSPS) is 20.4. The number of pyridine rings is 1. The molecule has 0 saturated carbocycles. The van der Waals surface area contributed by atoms with Crippen LogP contribution in [0.3, 0.4) is 0 Å². The van der Waals surface area contributed by atoms with Crippen molar-refractivity contribution in [2.45, 2.75) is 25.8 Å². The quantitative estimate of drug-likeness (QED) is 0.922. The highest BCUT2D eigenvalue weighted by Crippen LogP contribution is 2.19. The Morgan fingerprint density at radius 3 is 2.61 bits per heavy atom. The van der Waals surface area contributed by atoms with Crippen LogP contribution in [-0.2, 0) is 22.4 Å². The Morgan fingerprint density at radius 1 is 1.13 bits per heavy atom. The fourth-order valence-corrected chi connectivity index (χ4v) is 2.93. The van der Waals surface area contributed by atoms with Gasteiger partial charge >= 0.3 is 0 Å². The van der Waals surface area contributed by atoms with E-state index in [0.29, 0.717) is 25.6 Å². The number of ether oxygens (including phenoxy) is 1. The van der Waals surface area contributed by atoms with Gasteiger partial charge in [-0.15, -0.1) is 0 Å². The highest BCUT2D eigenvalue weighted by atomic mass is 16.5. The molecule has 0 spiro atoms. The van der Waals surface area contributed by atoms with E-state index in [4.69, 9.17) is 4.74 Å². The molecule has 2 atom stereocenters. The van der Waals surface area contributed by atoms with Crippen LogP contribution in [0.5, 0.6) is 0 Å². The van der Waals surface area contributed by atoms with Gasteiger partial charge in [0.1, 0.15) is 0 Å². The zero-order valence-corrected chi connectivity index (χ0v) is 13.4. The van der Waals surface area contributed by atoms with E-state index < -0.39 is 0 Å². The zero-order valence-electron chi connectivity index (χ0n) is 13.4. The molecule has 4 heteroatoms. The van der Waals surface area contributed by atoms with Crippen molar-refractivity contribution in [2.24, 2.45) is 5.92 Å². The van der Waals surface area contributed by atoms with Gasteiger partial charge in [-0.3, -0.25) is 9.78 Å². The van der Waals surface area contributed by atoms with E-state index in [-0.39, 0.29) is 11.9 Å². The second kappa shape index (κ2) is 7.38. The molecule has 0 bridgehead atoms. The first-order valence-electron chi connectivity index (χ1n) is 8.02. The number of aryl methyl sites for hydroxylation is 1. The second-order valence-corrected chi connectivity index (χ2v) is 6.19. The highest BCUT2D eigenvalue weighted by Gasteiger charge is 2.29. The highest BCUT2D eigenvalue weighted by molar-refractivity contribution is 5.78. The number of hydrogen-bond donors (Lipinski definition) is 1. The molecule has 1 aromatic carbocycles. The number of carbonyl (C=O) groups excluding carboxylic acids is 1. The first-order chi connectivity index (χ1) is 11.2. The average Bonchev–Trinajstić information content (AvgIpc) is 2.97. The molecule has 1 fully saturated rings. The molecule has 1 aromatic heterocycles. The Balaban J connectivity index is 1.55. The summed E-state index contributed by atoms with van der Waals surface area (Å²) in [5.41, 5.74) is 3.47. The van der Waals surface area contributed by atoms with Gasteiger partial charge in [0.2, 0.25) is 5.91 Å². The van der Waals surface area contributed by atoms with Gasteiger partial charge in [0.05, 0.1) is 25.7 Å². The number of carbonyl (C=O) groups is 1. The van der Waals surface area contributed by atoms with E-state index in [1.54, 1.807) is 12.4 Å². The van der Waals surface area contributed by atoms with Crippen LogP contribution in [0.15, 0.2) is 48.8 Å². The zero-order chi connectivity index (χ0) is 16.1. The molecule has 0 unspecified atom stereocenters. The molecule has 0 radical (unpaired) electrons. The lowest BCUT2D eigenvalue weighted by Crippen LogP contribution is -2.41. The van der Waals surface area contributed by atoms with Crippen LogP contribution in [0.25, 0.3) is 0 Å². The number of rotatable bonds is 5. The molecule has 1 N–H and O–H groups in total. The summed E-state index contributed by atoms with van der Waals surface area (Å²) in [4.78, 5) is 16.3. The van der Waals surface area contributed by atoms with Crippen molar-refractivity contribution in [3.63, 3.8) is 0 Å². The topological polar surface area (TPSA) is 51.2 Å². The molecule has 1 amide bonds. The van der Waals surface area contributed by atoms with E-state index in [2.05, 4.69) is 10.3 Å². The van der Waals surface area contributed by atoms with Crippen molar-refractivity contribution in [1.29, 1.82) is 0 Å². The van der Waals surface area contributed by atoms with E-state index >= 15 is 0 Å². The van der Waals surface area contributed by atoms with E-state index in [9.17, 15) is 4.79 Å². The van der Waals surface area contributed by atoms with Gasteiger partial charge in [0, 0.05) is 18.3 Å². The van der Waals surface area contributed by atoms with Crippen molar-refractivity contribution in [3.8, 4) is 0 Å². The summed E-state index contributed by atoms with van der Waals surface area (Å²) in [6.07, 6.45) is 4.92. The van der Waals surface area contributed by atoms with Crippen LogP contribution in [0.2, 0.25) is 0 Å². The lowest BCUT2D eigenvalue weighted by molar-refractivity contribution is -0.121. The third kappa shape index (κ3) is 4.39. The number of nitrogens with zero attached hydrogens (tertiary/aromatic N) is 1. The molecule has 3 rings (SSSR count). The largest absolute Gasteiger partial charge is 0.379 e. The SMILES string of the molecule is Cc1ccc(CC(=O)N[C@H]2COC[C@H]2Cc2ccncc2)cc1. The van der Waals surface area contributed by atoms with Gasteiger partial charge in [-0.25, -0.2) is 0 Å². The van der Waals surface area contributed by atoms with Crippen LogP contribution in [0, 0.1) is 12.8 Å². The maximum atomic E-state index is 12.3. The van der Waals surface area contributed by atoms with Crippen LogP contribution < -0.4 is 5.32 Å². The fourth-order valence-electron chi connectivity index (χ4n) is 2.93. The Hall–Kier alpha value is -2.20. The van der Waals surface area contributed by atoms with Crippen molar-refractivity contribution in [2.75, 3.05) is 13.2 Å². The van der Waals surface area contributed by atoms with Crippen LogP contribution in [0.4, 0.5) is 0 Å². The van der Waals surface area contributed by atoms with Gasteiger partial charge in [-0.1, -0.05) is 29.8 Å². The predicted molar refractivity (Wildman–Crippen MR) is 89.1 cm³/mol. The van der Waals surface area contributed by atoms with Crippen molar-refractivity contribution in [3.05, 3.63) is 65.5 Å². The van der Waals surface area contributed by atoms with Gasteiger partial charge in [-0.2, -0.15) is 0 Å². The van der Waals surface area contributed by atoms with Crippen molar-refractivity contribution < 1.29 is 9.53 Å². The molecule has 1 saturated heterocycles. The minimum absolute atomic E-state index is 0.0593. The van der Waals surface area contributed by atoms with Gasteiger partial charge < -0.3 is 10.1 Å². The molecular formula is C19H22N2O2. The molecular weight excluding hydrogens is 288 g/mol. The number of amides is 1. The van der Waals surface area contributed by atoms with Crippen molar-refractivity contribution >= 4 is 5.91 Å².